The Morgan fingerprint density at radius 3 is 2.50 bits per heavy atom. The van der Waals surface area contributed by atoms with Gasteiger partial charge in [-0.05, 0) is 18.4 Å². The van der Waals surface area contributed by atoms with E-state index in [-0.39, 0.29) is 12.5 Å². The average Bonchev–Trinajstić information content (AvgIpc) is 3.18. The molecule has 0 heterocycles. The van der Waals surface area contributed by atoms with E-state index in [0.717, 1.165) is 12.8 Å². The number of aliphatic carboxylic acids is 1. The van der Waals surface area contributed by atoms with Crippen LogP contribution in [0.5, 0.6) is 0 Å². The van der Waals surface area contributed by atoms with Crippen LogP contribution in [-0.2, 0) is 9.59 Å². The lowest BCUT2D eigenvalue weighted by Gasteiger charge is -2.15. The number of hydrogen-bond acceptors (Lipinski definition) is 3. The van der Waals surface area contributed by atoms with E-state index in [1.54, 1.807) is 30.3 Å². The first-order valence-corrected chi connectivity index (χ1v) is 5.97. The molecule has 0 aliphatic heterocycles. The van der Waals surface area contributed by atoms with E-state index in [1.165, 1.54) is 0 Å². The van der Waals surface area contributed by atoms with E-state index in [4.69, 9.17) is 5.11 Å². The lowest BCUT2D eigenvalue weighted by atomic mass is 10.1. The van der Waals surface area contributed by atoms with Gasteiger partial charge in [-0.15, -0.1) is 0 Å². The maximum absolute atomic E-state index is 11.6. The van der Waals surface area contributed by atoms with Gasteiger partial charge < -0.3 is 15.7 Å². The van der Waals surface area contributed by atoms with Crippen LogP contribution < -0.4 is 10.6 Å². The monoisotopic (exact) mass is 248 g/mol. The Balaban J connectivity index is 1.93. The Bertz CT molecular complexity index is 429. The number of carbonyl (C=O) groups excluding carboxylic acids is 1. The highest BCUT2D eigenvalue weighted by molar-refractivity contribution is 5.85. The van der Waals surface area contributed by atoms with Crippen molar-refractivity contribution in [1.29, 1.82) is 0 Å². The van der Waals surface area contributed by atoms with E-state index in [9.17, 15) is 9.59 Å². The third kappa shape index (κ3) is 3.56. The zero-order chi connectivity index (χ0) is 13.0. The second kappa shape index (κ2) is 5.64. The third-order valence-corrected chi connectivity index (χ3v) is 2.81. The fraction of sp³-hybridized carbons (Fsp3) is 0.385. The molecule has 1 saturated carbocycles. The van der Waals surface area contributed by atoms with E-state index >= 15 is 0 Å². The van der Waals surface area contributed by atoms with Crippen LogP contribution >= 0.6 is 0 Å². The quantitative estimate of drug-likeness (QED) is 0.691. The van der Waals surface area contributed by atoms with Crippen molar-refractivity contribution in [3.05, 3.63) is 35.9 Å². The molecule has 0 bridgehead atoms. The number of amides is 1. The molecule has 1 atom stereocenters. The van der Waals surface area contributed by atoms with Gasteiger partial charge in [0.15, 0.2) is 6.04 Å². The average molecular weight is 248 g/mol. The smallest absolute Gasteiger partial charge is 0.330 e. The molecule has 0 aromatic heterocycles. The number of benzene rings is 1. The fourth-order valence-corrected chi connectivity index (χ4v) is 1.67. The molecule has 0 radical (unpaired) electrons. The summed E-state index contributed by atoms with van der Waals surface area (Å²) in [6.45, 7) is 0.168. The number of nitrogens with one attached hydrogen (secondary N) is 2. The zero-order valence-corrected chi connectivity index (χ0v) is 9.93. The molecule has 1 fully saturated rings. The first-order valence-electron chi connectivity index (χ1n) is 5.97. The molecule has 3 N–H and O–H groups in total. The number of rotatable bonds is 6. The number of hydrogen-bond donors (Lipinski definition) is 3. The second-order valence-electron chi connectivity index (χ2n) is 4.40. The van der Waals surface area contributed by atoms with E-state index in [1.807, 2.05) is 0 Å². The van der Waals surface area contributed by atoms with Crippen LogP contribution in [0.15, 0.2) is 30.3 Å². The molecule has 0 spiro atoms. The Labute approximate surface area is 105 Å². The van der Waals surface area contributed by atoms with Crippen molar-refractivity contribution >= 4 is 11.9 Å². The van der Waals surface area contributed by atoms with Gasteiger partial charge in [-0.1, -0.05) is 30.3 Å². The summed E-state index contributed by atoms with van der Waals surface area (Å²) >= 11 is 0. The standard InChI is InChI=1S/C13H16N2O3/c16-11(8-14-10-6-7-10)15-12(13(17)18)9-4-2-1-3-5-9/h1-5,10,12,14H,6-8H2,(H,15,16)(H,17,18). The Morgan fingerprint density at radius 2 is 1.94 bits per heavy atom. The normalized spacial score (nSPS) is 16.0. The van der Waals surface area contributed by atoms with Gasteiger partial charge in [0.1, 0.15) is 0 Å². The van der Waals surface area contributed by atoms with Gasteiger partial charge in [-0.25, -0.2) is 4.79 Å². The largest absolute Gasteiger partial charge is 0.479 e. The maximum Gasteiger partial charge on any atom is 0.330 e. The van der Waals surface area contributed by atoms with Gasteiger partial charge in [-0.2, -0.15) is 0 Å². The van der Waals surface area contributed by atoms with Crippen molar-refractivity contribution in [2.45, 2.75) is 24.9 Å². The van der Waals surface area contributed by atoms with Gasteiger partial charge in [0.25, 0.3) is 0 Å². The van der Waals surface area contributed by atoms with Crippen LogP contribution in [-0.4, -0.2) is 29.6 Å². The molecule has 5 nitrogen and oxygen atoms in total. The van der Waals surface area contributed by atoms with Crippen molar-refractivity contribution in [2.75, 3.05) is 6.54 Å². The molecule has 96 valence electrons. The minimum atomic E-state index is -1.05. The summed E-state index contributed by atoms with van der Waals surface area (Å²) in [4.78, 5) is 22.8. The minimum absolute atomic E-state index is 0.168. The summed E-state index contributed by atoms with van der Waals surface area (Å²) in [6.07, 6.45) is 2.18. The first kappa shape index (κ1) is 12.6. The van der Waals surface area contributed by atoms with Gasteiger partial charge in [0.2, 0.25) is 5.91 Å². The molecule has 1 unspecified atom stereocenters. The summed E-state index contributed by atoms with van der Waals surface area (Å²) < 4.78 is 0. The Kier molecular flexibility index (Phi) is 3.94. The Hall–Kier alpha value is -1.88. The highest BCUT2D eigenvalue weighted by Gasteiger charge is 2.24. The van der Waals surface area contributed by atoms with E-state index in [2.05, 4.69) is 10.6 Å². The first-order chi connectivity index (χ1) is 8.66. The van der Waals surface area contributed by atoms with Crippen LogP contribution in [0, 0.1) is 0 Å². The number of carbonyl (C=O) groups is 2. The maximum atomic E-state index is 11.6. The summed E-state index contributed by atoms with van der Waals surface area (Å²) in [5.41, 5.74) is 0.574. The van der Waals surface area contributed by atoms with Gasteiger partial charge >= 0.3 is 5.97 Å². The van der Waals surface area contributed by atoms with E-state index < -0.39 is 12.0 Å². The summed E-state index contributed by atoms with van der Waals surface area (Å²) in [6, 6.07) is 8.12. The van der Waals surface area contributed by atoms with Crippen molar-refractivity contribution in [3.63, 3.8) is 0 Å². The lowest BCUT2D eigenvalue weighted by molar-refractivity contribution is -0.141. The fourth-order valence-electron chi connectivity index (χ4n) is 1.67. The Morgan fingerprint density at radius 1 is 1.28 bits per heavy atom. The van der Waals surface area contributed by atoms with Crippen molar-refractivity contribution in [1.82, 2.24) is 10.6 Å². The van der Waals surface area contributed by atoms with Crippen molar-refractivity contribution in [2.24, 2.45) is 0 Å². The van der Waals surface area contributed by atoms with Gasteiger partial charge in [0.05, 0.1) is 6.54 Å². The van der Waals surface area contributed by atoms with Crippen LogP contribution in [0.3, 0.4) is 0 Å². The van der Waals surface area contributed by atoms with Crippen LogP contribution in [0.2, 0.25) is 0 Å². The summed E-state index contributed by atoms with van der Waals surface area (Å²) in [5, 5.41) is 14.7. The minimum Gasteiger partial charge on any atom is -0.479 e. The van der Waals surface area contributed by atoms with Gasteiger partial charge in [-0.3, -0.25) is 4.79 Å². The number of carboxylic acid groups (broad SMARTS) is 1. The SMILES string of the molecule is O=C(CNC1CC1)NC(C(=O)O)c1ccccc1. The summed E-state index contributed by atoms with van der Waals surface area (Å²) in [7, 11) is 0. The molecular weight excluding hydrogens is 232 g/mol. The predicted octanol–water partition coefficient (Wildman–Crippen LogP) is 0.680. The highest BCUT2D eigenvalue weighted by Crippen LogP contribution is 2.18. The van der Waals surface area contributed by atoms with Crippen LogP contribution in [0.1, 0.15) is 24.4 Å². The molecule has 5 heteroatoms. The number of carboxylic acids is 1. The topological polar surface area (TPSA) is 78.4 Å². The molecule has 1 amide bonds. The van der Waals surface area contributed by atoms with Crippen molar-refractivity contribution in [3.8, 4) is 0 Å². The van der Waals surface area contributed by atoms with Crippen molar-refractivity contribution < 1.29 is 14.7 Å². The third-order valence-electron chi connectivity index (χ3n) is 2.81. The molecule has 1 aliphatic rings. The molecule has 18 heavy (non-hydrogen) atoms. The lowest BCUT2D eigenvalue weighted by Crippen LogP contribution is -2.39. The molecule has 1 aromatic carbocycles. The molecule has 1 aromatic rings. The molecule has 0 saturated heterocycles. The second-order valence-corrected chi connectivity index (χ2v) is 4.40. The zero-order valence-electron chi connectivity index (χ0n) is 9.93. The molecule has 1 aliphatic carbocycles. The summed E-state index contributed by atoms with van der Waals surface area (Å²) in [5.74, 6) is -1.35. The predicted molar refractivity (Wildman–Crippen MR) is 66.0 cm³/mol. The van der Waals surface area contributed by atoms with E-state index in [0.29, 0.717) is 11.6 Å². The van der Waals surface area contributed by atoms with Crippen LogP contribution in [0.25, 0.3) is 0 Å². The van der Waals surface area contributed by atoms with Gasteiger partial charge in [0, 0.05) is 6.04 Å². The van der Waals surface area contributed by atoms with Crippen LogP contribution in [0.4, 0.5) is 0 Å². The molecule has 2 rings (SSSR count). The highest BCUT2D eigenvalue weighted by atomic mass is 16.4. The molecular formula is C13H16N2O3.